The van der Waals surface area contributed by atoms with Crippen LogP contribution in [-0.4, -0.2) is 39.8 Å². The SMILES string of the molecule is COC(=O)CCS(=O)(=O)NC(CN)C1CCCC1. The Kier molecular flexibility index (Phi) is 6.04. The van der Waals surface area contributed by atoms with Gasteiger partial charge in [0.2, 0.25) is 10.0 Å². The fraction of sp³-hybridized carbons (Fsp3) is 0.909. The Morgan fingerprint density at radius 2 is 2.06 bits per heavy atom. The van der Waals surface area contributed by atoms with Crippen LogP contribution in [0.4, 0.5) is 0 Å². The quantitative estimate of drug-likeness (QED) is 0.638. The maximum absolute atomic E-state index is 11.8. The number of ether oxygens (including phenoxy) is 1. The largest absolute Gasteiger partial charge is 0.469 e. The van der Waals surface area contributed by atoms with Crippen LogP contribution < -0.4 is 10.5 Å². The van der Waals surface area contributed by atoms with Crippen molar-refractivity contribution in [1.82, 2.24) is 4.72 Å². The zero-order valence-electron chi connectivity index (χ0n) is 10.7. The molecule has 0 aliphatic heterocycles. The lowest BCUT2D eigenvalue weighted by molar-refractivity contribution is -0.140. The minimum Gasteiger partial charge on any atom is -0.469 e. The van der Waals surface area contributed by atoms with Crippen LogP contribution in [0.15, 0.2) is 0 Å². The molecule has 0 radical (unpaired) electrons. The van der Waals surface area contributed by atoms with E-state index in [0.717, 1.165) is 25.7 Å². The van der Waals surface area contributed by atoms with Gasteiger partial charge in [-0.3, -0.25) is 4.79 Å². The minimum atomic E-state index is -3.47. The highest BCUT2D eigenvalue weighted by molar-refractivity contribution is 7.89. The van der Waals surface area contributed by atoms with Crippen LogP contribution in [0.2, 0.25) is 0 Å². The second kappa shape index (κ2) is 7.06. The van der Waals surface area contributed by atoms with E-state index in [-0.39, 0.29) is 18.2 Å². The number of esters is 1. The fourth-order valence-corrected chi connectivity index (χ4v) is 3.61. The zero-order chi connectivity index (χ0) is 13.6. The van der Waals surface area contributed by atoms with Gasteiger partial charge in [-0.15, -0.1) is 0 Å². The van der Waals surface area contributed by atoms with Crippen molar-refractivity contribution < 1.29 is 17.9 Å². The van der Waals surface area contributed by atoms with E-state index in [2.05, 4.69) is 9.46 Å². The lowest BCUT2D eigenvalue weighted by Gasteiger charge is -2.22. The fourth-order valence-electron chi connectivity index (χ4n) is 2.31. The monoisotopic (exact) mass is 278 g/mol. The molecule has 6 nitrogen and oxygen atoms in total. The third kappa shape index (κ3) is 4.91. The molecule has 106 valence electrons. The van der Waals surface area contributed by atoms with Crippen LogP contribution in [0.1, 0.15) is 32.1 Å². The molecule has 1 fully saturated rings. The summed E-state index contributed by atoms with van der Waals surface area (Å²) in [6.45, 7) is 0.294. The van der Waals surface area contributed by atoms with Crippen molar-refractivity contribution in [2.24, 2.45) is 11.7 Å². The highest BCUT2D eigenvalue weighted by atomic mass is 32.2. The van der Waals surface area contributed by atoms with E-state index in [0.29, 0.717) is 12.5 Å². The van der Waals surface area contributed by atoms with E-state index in [4.69, 9.17) is 5.73 Å². The van der Waals surface area contributed by atoms with Crippen molar-refractivity contribution in [1.29, 1.82) is 0 Å². The topological polar surface area (TPSA) is 98.5 Å². The first kappa shape index (κ1) is 15.4. The maximum atomic E-state index is 11.8. The molecule has 7 heteroatoms. The number of sulfonamides is 1. The summed E-state index contributed by atoms with van der Waals surface area (Å²) < 4.78 is 30.6. The molecule has 18 heavy (non-hydrogen) atoms. The normalized spacial score (nSPS) is 18.8. The Balaban J connectivity index is 2.48. The van der Waals surface area contributed by atoms with Crippen LogP contribution in [0.3, 0.4) is 0 Å². The van der Waals surface area contributed by atoms with Gasteiger partial charge in [0.1, 0.15) is 0 Å². The first-order valence-corrected chi connectivity index (χ1v) is 7.90. The van der Waals surface area contributed by atoms with Crippen LogP contribution in [-0.2, 0) is 19.6 Å². The molecule has 1 atom stereocenters. The molecule has 1 aliphatic carbocycles. The summed E-state index contributed by atoms with van der Waals surface area (Å²) in [5, 5.41) is 0. The van der Waals surface area contributed by atoms with Gasteiger partial charge in [-0.2, -0.15) is 0 Å². The van der Waals surface area contributed by atoms with Gasteiger partial charge >= 0.3 is 5.97 Å². The van der Waals surface area contributed by atoms with Gasteiger partial charge in [0, 0.05) is 12.6 Å². The molecule has 0 aromatic heterocycles. The van der Waals surface area contributed by atoms with E-state index < -0.39 is 16.0 Å². The molecule has 0 spiro atoms. The second-order valence-electron chi connectivity index (χ2n) is 4.65. The van der Waals surface area contributed by atoms with E-state index in [9.17, 15) is 13.2 Å². The summed E-state index contributed by atoms with van der Waals surface area (Å²) in [4.78, 5) is 10.9. The van der Waals surface area contributed by atoms with Crippen molar-refractivity contribution in [2.75, 3.05) is 19.4 Å². The average Bonchev–Trinajstić information content (AvgIpc) is 2.87. The highest BCUT2D eigenvalue weighted by Crippen LogP contribution is 2.27. The summed E-state index contributed by atoms with van der Waals surface area (Å²) in [6.07, 6.45) is 4.16. The summed E-state index contributed by atoms with van der Waals surface area (Å²) in [5.41, 5.74) is 5.62. The van der Waals surface area contributed by atoms with Crippen LogP contribution >= 0.6 is 0 Å². The number of nitrogens with one attached hydrogen (secondary N) is 1. The molecular weight excluding hydrogens is 256 g/mol. The number of carbonyl (C=O) groups excluding carboxylic acids is 1. The number of hydrogen-bond donors (Lipinski definition) is 2. The van der Waals surface area contributed by atoms with Gasteiger partial charge in [0.15, 0.2) is 0 Å². The van der Waals surface area contributed by atoms with E-state index in [1.165, 1.54) is 7.11 Å². The molecule has 0 heterocycles. The van der Waals surface area contributed by atoms with Crippen molar-refractivity contribution in [3.8, 4) is 0 Å². The van der Waals surface area contributed by atoms with E-state index in [1.54, 1.807) is 0 Å². The number of hydrogen-bond acceptors (Lipinski definition) is 5. The number of nitrogens with two attached hydrogens (primary N) is 1. The van der Waals surface area contributed by atoms with E-state index in [1.807, 2.05) is 0 Å². The third-order valence-corrected chi connectivity index (χ3v) is 4.76. The first-order chi connectivity index (χ1) is 8.48. The van der Waals surface area contributed by atoms with Crippen LogP contribution in [0.5, 0.6) is 0 Å². The molecular formula is C11H22N2O4S. The first-order valence-electron chi connectivity index (χ1n) is 6.25. The third-order valence-electron chi connectivity index (χ3n) is 3.36. The molecule has 1 saturated carbocycles. The Labute approximate surface area is 108 Å². The van der Waals surface area contributed by atoms with Crippen molar-refractivity contribution in [3.63, 3.8) is 0 Å². The lowest BCUT2D eigenvalue weighted by atomic mass is 9.99. The van der Waals surface area contributed by atoms with Gasteiger partial charge in [0.05, 0.1) is 19.3 Å². The predicted octanol–water partition coefficient (Wildman–Crippen LogP) is -0.0136. The average molecular weight is 278 g/mol. The standard InChI is InChI=1S/C11H22N2O4S/c1-17-11(14)6-7-18(15,16)13-10(8-12)9-4-2-3-5-9/h9-10,13H,2-8,12H2,1H3. The molecule has 0 aromatic carbocycles. The molecule has 3 N–H and O–H groups in total. The summed E-state index contributed by atoms with van der Waals surface area (Å²) in [5.74, 6) is -0.448. The van der Waals surface area contributed by atoms with Gasteiger partial charge in [-0.05, 0) is 18.8 Å². The van der Waals surface area contributed by atoms with Crippen molar-refractivity contribution in [3.05, 3.63) is 0 Å². The molecule has 0 amide bonds. The van der Waals surface area contributed by atoms with Gasteiger partial charge in [0.25, 0.3) is 0 Å². The number of carbonyl (C=O) groups is 1. The second-order valence-corrected chi connectivity index (χ2v) is 6.52. The van der Waals surface area contributed by atoms with Crippen molar-refractivity contribution in [2.45, 2.75) is 38.1 Å². The molecule has 1 rings (SSSR count). The van der Waals surface area contributed by atoms with Crippen LogP contribution in [0, 0.1) is 5.92 Å². The minimum absolute atomic E-state index is 0.131. The smallest absolute Gasteiger partial charge is 0.306 e. The molecule has 1 unspecified atom stereocenters. The van der Waals surface area contributed by atoms with Gasteiger partial charge in [-0.25, -0.2) is 13.1 Å². The Bertz CT molecular complexity index is 363. The Hall–Kier alpha value is -0.660. The number of methoxy groups -OCH3 is 1. The Morgan fingerprint density at radius 1 is 1.44 bits per heavy atom. The molecule has 0 saturated heterocycles. The maximum Gasteiger partial charge on any atom is 0.306 e. The summed E-state index contributed by atoms with van der Waals surface area (Å²) in [7, 11) is -2.23. The van der Waals surface area contributed by atoms with E-state index >= 15 is 0 Å². The Morgan fingerprint density at radius 3 is 2.56 bits per heavy atom. The lowest BCUT2D eigenvalue weighted by Crippen LogP contribution is -2.45. The predicted molar refractivity (Wildman–Crippen MR) is 68.4 cm³/mol. The summed E-state index contributed by atoms with van der Waals surface area (Å²) in [6, 6.07) is -0.213. The van der Waals surface area contributed by atoms with Crippen LogP contribution in [0.25, 0.3) is 0 Å². The molecule has 0 bridgehead atoms. The molecule has 1 aliphatic rings. The van der Waals surface area contributed by atoms with Gasteiger partial charge < -0.3 is 10.5 Å². The van der Waals surface area contributed by atoms with Gasteiger partial charge in [-0.1, -0.05) is 12.8 Å². The van der Waals surface area contributed by atoms with Crippen molar-refractivity contribution >= 4 is 16.0 Å². The summed E-state index contributed by atoms with van der Waals surface area (Å²) >= 11 is 0. The highest BCUT2D eigenvalue weighted by Gasteiger charge is 2.27. The number of rotatable bonds is 7. The zero-order valence-corrected chi connectivity index (χ0v) is 11.5. The molecule has 0 aromatic rings.